The summed E-state index contributed by atoms with van der Waals surface area (Å²) in [5, 5.41) is 16.6. The van der Waals surface area contributed by atoms with E-state index in [0.717, 1.165) is 51.9 Å². The van der Waals surface area contributed by atoms with Crippen LogP contribution in [0.2, 0.25) is 0 Å². The lowest BCUT2D eigenvalue weighted by molar-refractivity contribution is -0.118. The number of aliphatic hydroxyl groups excluding tert-OH is 1. The highest BCUT2D eigenvalue weighted by atomic mass is 16.3. The van der Waals surface area contributed by atoms with Gasteiger partial charge in [-0.3, -0.25) is 14.5 Å². The summed E-state index contributed by atoms with van der Waals surface area (Å²) >= 11 is 0. The highest BCUT2D eigenvalue weighted by Crippen LogP contribution is 2.18. The van der Waals surface area contributed by atoms with Gasteiger partial charge in [0.1, 0.15) is 5.82 Å². The Morgan fingerprint density at radius 1 is 1.19 bits per heavy atom. The lowest BCUT2D eigenvalue weighted by Gasteiger charge is -2.30. The molecule has 0 radical (unpaired) electrons. The van der Waals surface area contributed by atoms with E-state index >= 15 is 0 Å². The van der Waals surface area contributed by atoms with Gasteiger partial charge in [-0.25, -0.2) is 4.98 Å². The summed E-state index contributed by atoms with van der Waals surface area (Å²) in [5.74, 6) is 0.420. The minimum Gasteiger partial charge on any atom is -0.390 e. The number of aromatic nitrogens is 1. The Hall–Kier alpha value is -2.97. The van der Waals surface area contributed by atoms with Crippen molar-refractivity contribution in [3.8, 4) is 0 Å². The second-order valence-corrected chi connectivity index (χ2v) is 8.61. The lowest BCUT2D eigenvalue weighted by atomic mass is 10.00. The van der Waals surface area contributed by atoms with E-state index in [4.69, 9.17) is 0 Å². The number of pyridine rings is 1. The number of anilines is 1. The Morgan fingerprint density at radius 3 is 2.75 bits per heavy atom. The highest BCUT2D eigenvalue weighted by molar-refractivity contribution is 5.94. The van der Waals surface area contributed by atoms with Gasteiger partial charge >= 0.3 is 0 Å². The molecule has 2 aliphatic rings. The van der Waals surface area contributed by atoms with E-state index in [2.05, 4.69) is 38.7 Å². The third kappa shape index (κ3) is 5.83. The zero-order valence-electron chi connectivity index (χ0n) is 18.2. The predicted molar refractivity (Wildman–Crippen MR) is 122 cm³/mol. The number of amides is 2. The summed E-state index contributed by atoms with van der Waals surface area (Å²) in [7, 11) is 0. The first-order chi connectivity index (χ1) is 15.6. The zero-order valence-corrected chi connectivity index (χ0v) is 18.2. The average molecular weight is 438 g/mol. The Labute approximate surface area is 188 Å². The molecule has 8 nitrogen and oxygen atoms in total. The van der Waals surface area contributed by atoms with Crippen molar-refractivity contribution in [2.24, 2.45) is 0 Å². The van der Waals surface area contributed by atoms with Crippen LogP contribution in [0, 0.1) is 0 Å². The first-order valence-corrected chi connectivity index (χ1v) is 11.3. The number of nitrogens with one attached hydrogen (secondary N) is 2. The number of nitrogens with zero attached hydrogens (tertiary/aromatic N) is 3. The minimum absolute atomic E-state index is 0.201. The number of fused-ring (bicyclic) bond motifs is 1. The number of carbonyl (C=O) groups excluding carboxylic acids is 2. The molecule has 170 valence electrons. The summed E-state index contributed by atoms with van der Waals surface area (Å²) < 4.78 is 0. The Morgan fingerprint density at radius 2 is 1.97 bits per heavy atom. The van der Waals surface area contributed by atoms with Crippen molar-refractivity contribution in [3.05, 3.63) is 59.3 Å². The largest absolute Gasteiger partial charge is 0.390 e. The number of piperidine rings is 1. The number of likely N-dealkylation sites (tertiary alicyclic amines) is 1. The minimum atomic E-state index is -0.633. The molecule has 1 saturated heterocycles. The number of benzene rings is 1. The fourth-order valence-electron chi connectivity index (χ4n) is 4.39. The molecular weight excluding hydrogens is 406 g/mol. The zero-order chi connectivity index (χ0) is 22.3. The smallest absolute Gasteiger partial charge is 0.251 e. The number of hydrogen-bond donors (Lipinski definition) is 3. The lowest BCUT2D eigenvalue weighted by Crippen LogP contribution is -2.42. The Balaban J connectivity index is 1.23. The van der Waals surface area contributed by atoms with Gasteiger partial charge in [0.25, 0.3) is 5.91 Å². The van der Waals surface area contributed by atoms with Crippen molar-refractivity contribution >= 4 is 18.1 Å². The third-order valence-electron chi connectivity index (χ3n) is 6.23. The monoisotopic (exact) mass is 437 g/mol. The van der Waals surface area contributed by atoms with Crippen molar-refractivity contribution in [1.29, 1.82) is 0 Å². The molecule has 32 heavy (non-hydrogen) atoms. The van der Waals surface area contributed by atoms with Crippen LogP contribution in [0.15, 0.2) is 42.6 Å². The molecule has 3 N–H and O–H groups in total. The van der Waals surface area contributed by atoms with E-state index in [1.807, 2.05) is 6.07 Å². The topological polar surface area (TPSA) is 97.8 Å². The van der Waals surface area contributed by atoms with Gasteiger partial charge in [-0.1, -0.05) is 24.3 Å². The van der Waals surface area contributed by atoms with Crippen LogP contribution in [0.25, 0.3) is 0 Å². The van der Waals surface area contributed by atoms with Gasteiger partial charge in [0.05, 0.1) is 6.10 Å². The second-order valence-electron chi connectivity index (χ2n) is 8.61. The Bertz CT molecular complexity index is 929. The molecule has 0 spiro atoms. The van der Waals surface area contributed by atoms with Crippen LogP contribution in [0.4, 0.5) is 5.82 Å². The predicted octanol–water partition coefficient (Wildman–Crippen LogP) is 1.26. The van der Waals surface area contributed by atoms with Crippen LogP contribution in [-0.4, -0.2) is 77.1 Å². The number of aliphatic hydroxyl groups is 1. The summed E-state index contributed by atoms with van der Waals surface area (Å²) in [4.78, 5) is 31.7. The van der Waals surface area contributed by atoms with E-state index in [1.54, 1.807) is 23.2 Å². The quantitative estimate of drug-likeness (QED) is 0.538. The third-order valence-corrected chi connectivity index (χ3v) is 6.23. The molecule has 2 aromatic rings. The normalized spacial score (nSPS) is 18.0. The van der Waals surface area contributed by atoms with Gasteiger partial charge in [0, 0.05) is 57.1 Å². The molecule has 2 aliphatic heterocycles. The van der Waals surface area contributed by atoms with Crippen LogP contribution < -0.4 is 10.6 Å². The summed E-state index contributed by atoms with van der Waals surface area (Å²) in [6.07, 6.45) is 4.55. The van der Waals surface area contributed by atoms with Crippen LogP contribution in [0.1, 0.15) is 34.3 Å². The molecule has 1 atom stereocenters. The summed E-state index contributed by atoms with van der Waals surface area (Å²) in [5.41, 5.74) is 3.19. The van der Waals surface area contributed by atoms with Crippen molar-refractivity contribution in [2.75, 3.05) is 38.0 Å². The molecule has 0 bridgehead atoms. The van der Waals surface area contributed by atoms with Crippen LogP contribution in [0.3, 0.4) is 0 Å². The van der Waals surface area contributed by atoms with Gasteiger partial charge in [0.15, 0.2) is 0 Å². The van der Waals surface area contributed by atoms with Crippen molar-refractivity contribution < 1.29 is 14.7 Å². The highest BCUT2D eigenvalue weighted by Gasteiger charge is 2.20. The maximum Gasteiger partial charge on any atom is 0.251 e. The second kappa shape index (κ2) is 10.6. The van der Waals surface area contributed by atoms with E-state index in [1.165, 1.54) is 11.1 Å². The number of rotatable bonds is 8. The number of β-amino-alcohol motifs (C(OH)–C–C–N with tert-alkyl or cyclic N) is 1. The van der Waals surface area contributed by atoms with Crippen molar-refractivity contribution in [1.82, 2.24) is 20.1 Å². The van der Waals surface area contributed by atoms with E-state index in [0.29, 0.717) is 17.9 Å². The van der Waals surface area contributed by atoms with Crippen LogP contribution >= 0.6 is 0 Å². The Kier molecular flexibility index (Phi) is 7.34. The fraction of sp³-hybridized carbons (Fsp3) is 0.458. The van der Waals surface area contributed by atoms with Crippen molar-refractivity contribution in [2.45, 2.75) is 38.0 Å². The van der Waals surface area contributed by atoms with E-state index < -0.39 is 6.10 Å². The van der Waals surface area contributed by atoms with Gasteiger partial charge in [-0.05, 0) is 42.5 Å². The molecule has 3 heterocycles. The van der Waals surface area contributed by atoms with Gasteiger partial charge < -0.3 is 20.6 Å². The van der Waals surface area contributed by atoms with Crippen molar-refractivity contribution in [3.63, 3.8) is 0 Å². The molecule has 1 unspecified atom stereocenters. The maximum atomic E-state index is 12.6. The van der Waals surface area contributed by atoms with E-state index in [-0.39, 0.29) is 18.5 Å². The molecule has 1 aromatic heterocycles. The molecule has 4 rings (SSSR count). The molecule has 2 amide bonds. The van der Waals surface area contributed by atoms with Crippen LogP contribution in [0.5, 0.6) is 0 Å². The molecule has 1 fully saturated rings. The maximum absolute atomic E-state index is 12.6. The molecule has 8 heteroatoms. The summed E-state index contributed by atoms with van der Waals surface area (Å²) in [6, 6.07) is 12.0. The molecular formula is C24H31N5O3. The standard InChI is InChI=1S/C24H31N5O3/c30-17-28-11-7-21(8-12-28)27-23-13-19(5-9-25-23)24(32)26-14-22(31)16-29-10-6-18-3-1-2-4-20(18)15-29/h1-5,9,13,17,21-22,31H,6-8,10-12,14-16H2,(H,25,27)(H,26,32). The average Bonchev–Trinajstić information content (AvgIpc) is 2.83. The molecule has 1 aromatic carbocycles. The first kappa shape index (κ1) is 22.2. The number of hydrogen-bond acceptors (Lipinski definition) is 6. The van der Waals surface area contributed by atoms with Crippen LogP contribution in [-0.2, 0) is 17.8 Å². The molecule has 0 saturated carbocycles. The fourth-order valence-corrected chi connectivity index (χ4v) is 4.39. The summed E-state index contributed by atoms with van der Waals surface area (Å²) in [6.45, 7) is 3.91. The van der Waals surface area contributed by atoms with Gasteiger partial charge in [0.2, 0.25) is 6.41 Å². The van der Waals surface area contributed by atoms with Gasteiger partial charge in [-0.2, -0.15) is 0 Å². The first-order valence-electron chi connectivity index (χ1n) is 11.3. The number of carbonyl (C=O) groups is 2. The van der Waals surface area contributed by atoms with Gasteiger partial charge in [-0.15, -0.1) is 0 Å². The van der Waals surface area contributed by atoms with E-state index in [9.17, 15) is 14.7 Å². The SMILES string of the molecule is O=CN1CCC(Nc2cc(C(=O)NCC(O)CN3CCc4ccccc4C3)ccn2)CC1. The molecule has 0 aliphatic carbocycles.